The van der Waals surface area contributed by atoms with Crippen molar-refractivity contribution in [3.05, 3.63) is 29.6 Å². The zero-order chi connectivity index (χ0) is 12.6. The first-order valence-corrected chi connectivity index (χ1v) is 5.61. The Morgan fingerprint density at radius 1 is 1.12 bits per heavy atom. The summed E-state index contributed by atoms with van der Waals surface area (Å²) in [4.78, 5) is 0. The van der Waals surface area contributed by atoms with E-state index in [1.807, 2.05) is 13.8 Å². The van der Waals surface area contributed by atoms with Gasteiger partial charge in [0.1, 0.15) is 0 Å². The highest BCUT2D eigenvalue weighted by Gasteiger charge is 2.30. The van der Waals surface area contributed by atoms with Crippen LogP contribution in [-0.2, 0) is 5.41 Å². The van der Waals surface area contributed by atoms with Crippen molar-refractivity contribution >= 4 is 0 Å². The molecule has 0 bridgehead atoms. The molecule has 1 N–H and O–H groups in total. The van der Waals surface area contributed by atoms with Crippen LogP contribution >= 0.6 is 0 Å². The van der Waals surface area contributed by atoms with E-state index in [2.05, 4.69) is 20.8 Å². The average Bonchev–Trinajstić information content (AvgIpc) is 2.05. The van der Waals surface area contributed by atoms with Gasteiger partial charge in [-0.05, 0) is 23.3 Å². The molecule has 0 unspecified atom stereocenters. The maximum Gasteiger partial charge on any atom is 0.165 e. The number of rotatable bonds is 2. The number of phenols is 1. The van der Waals surface area contributed by atoms with Crippen molar-refractivity contribution in [3.63, 3.8) is 0 Å². The summed E-state index contributed by atoms with van der Waals surface area (Å²) in [7, 11) is 0. The molecule has 0 aliphatic rings. The predicted molar refractivity (Wildman–Crippen MR) is 65.2 cm³/mol. The van der Waals surface area contributed by atoms with Crippen molar-refractivity contribution in [3.8, 4) is 5.75 Å². The Kier molecular flexibility index (Phi) is 3.32. The van der Waals surface area contributed by atoms with Crippen LogP contribution in [0.3, 0.4) is 0 Å². The zero-order valence-corrected chi connectivity index (χ0v) is 10.8. The fourth-order valence-electron chi connectivity index (χ4n) is 2.48. The lowest BCUT2D eigenvalue weighted by Crippen LogP contribution is -2.25. The quantitative estimate of drug-likeness (QED) is 0.796. The second-order valence-electron chi connectivity index (χ2n) is 6.26. The molecule has 1 aromatic carbocycles. The van der Waals surface area contributed by atoms with E-state index in [9.17, 15) is 9.50 Å². The third-order valence-corrected chi connectivity index (χ3v) is 2.69. The molecule has 90 valence electrons. The zero-order valence-electron chi connectivity index (χ0n) is 10.8. The first-order chi connectivity index (χ1) is 7.13. The lowest BCUT2D eigenvalue weighted by molar-refractivity contribution is 0.276. The number of hydrogen-bond donors (Lipinski definition) is 1. The van der Waals surface area contributed by atoms with Gasteiger partial charge < -0.3 is 5.11 Å². The van der Waals surface area contributed by atoms with Crippen LogP contribution < -0.4 is 0 Å². The maximum absolute atomic E-state index is 13.3. The van der Waals surface area contributed by atoms with E-state index in [-0.39, 0.29) is 16.6 Å². The maximum atomic E-state index is 13.3. The summed E-state index contributed by atoms with van der Waals surface area (Å²) in [6.07, 6.45) is 0.886. The molecule has 0 atom stereocenters. The van der Waals surface area contributed by atoms with Gasteiger partial charge in [0.2, 0.25) is 0 Å². The Hall–Kier alpha value is -1.05. The van der Waals surface area contributed by atoms with Crippen LogP contribution in [0, 0.1) is 11.2 Å². The molecule has 0 aliphatic carbocycles. The van der Waals surface area contributed by atoms with Crippen molar-refractivity contribution in [2.45, 2.75) is 46.5 Å². The number of phenolic OH excluding ortho intramolecular Hbond substituents is 1. The average molecular weight is 224 g/mol. The summed E-state index contributed by atoms with van der Waals surface area (Å²) in [5.74, 6) is -0.753. The highest BCUT2D eigenvalue weighted by atomic mass is 19.1. The van der Waals surface area contributed by atoms with Crippen LogP contribution in [0.5, 0.6) is 5.75 Å². The number of benzene rings is 1. The van der Waals surface area contributed by atoms with Crippen LogP contribution in [0.25, 0.3) is 0 Å². The van der Waals surface area contributed by atoms with Crippen LogP contribution in [0.4, 0.5) is 4.39 Å². The van der Waals surface area contributed by atoms with Gasteiger partial charge in [-0.15, -0.1) is 0 Å². The van der Waals surface area contributed by atoms with Gasteiger partial charge >= 0.3 is 0 Å². The van der Waals surface area contributed by atoms with E-state index in [4.69, 9.17) is 0 Å². The van der Waals surface area contributed by atoms with E-state index in [0.717, 1.165) is 6.42 Å². The summed E-state index contributed by atoms with van der Waals surface area (Å²) >= 11 is 0. The van der Waals surface area contributed by atoms with Gasteiger partial charge in [-0.25, -0.2) is 4.39 Å². The summed E-state index contributed by atoms with van der Waals surface area (Å²) in [5.41, 5.74) is 0.592. The summed E-state index contributed by atoms with van der Waals surface area (Å²) in [6.45, 7) is 10.5. The molecule has 0 aliphatic heterocycles. The monoisotopic (exact) mass is 224 g/mol. The molecule has 0 radical (unpaired) electrons. The Labute approximate surface area is 97.3 Å². The third-order valence-electron chi connectivity index (χ3n) is 2.69. The molecule has 2 heteroatoms. The fourth-order valence-corrected chi connectivity index (χ4v) is 2.48. The lowest BCUT2D eigenvalue weighted by atomic mass is 9.72. The Balaban J connectivity index is 3.12. The molecule has 0 heterocycles. The number of halogens is 1. The second kappa shape index (κ2) is 4.08. The van der Waals surface area contributed by atoms with E-state index < -0.39 is 5.82 Å². The van der Waals surface area contributed by atoms with Gasteiger partial charge in [0, 0.05) is 5.56 Å². The molecule has 0 aromatic heterocycles. The molecule has 0 saturated carbocycles. The largest absolute Gasteiger partial charge is 0.505 e. The van der Waals surface area contributed by atoms with Gasteiger partial charge in [0.25, 0.3) is 0 Å². The SMILES string of the molecule is CC(C)(C)CC(C)(C)c1cccc(F)c1O. The van der Waals surface area contributed by atoms with E-state index in [1.54, 1.807) is 12.1 Å². The second-order valence-corrected chi connectivity index (χ2v) is 6.26. The molecule has 1 aromatic rings. The minimum absolute atomic E-state index is 0.141. The van der Waals surface area contributed by atoms with E-state index in [1.165, 1.54) is 6.07 Å². The highest BCUT2D eigenvalue weighted by molar-refractivity contribution is 5.39. The Morgan fingerprint density at radius 2 is 1.69 bits per heavy atom. The van der Waals surface area contributed by atoms with Crippen molar-refractivity contribution in [2.24, 2.45) is 5.41 Å². The van der Waals surface area contributed by atoms with Gasteiger partial charge in [0.05, 0.1) is 0 Å². The molecular formula is C14H21FO. The minimum atomic E-state index is -0.542. The van der Waals surface area contributed by atoms with Crippen LogP contribution in [0.2, 0.25) is 0 Å². The van der Waals surface area contributed by atoms with Crippen molar-refractivity contribution in [2.75, 3.05) is 0 Å². The lowest BCUT2D eigenvalue weighted by Gasteiger charge is -2.33. The molecule has 1 nitrogen and oxygen atoms in total. The molecule has 16 heavy (non-hydrogen) atoms. The number of aromatic hydroxyl groups is 1. The van der Waals surface area contributed by atoms with Gasteiger partial charge in [0.15, 0.2) is 11.6 Å². The molecule has 0 amide bonds. The number of para-hydroxylation sites is 1. The summed E-state index contributed by atoms with van der Waals surface area (Å²) in [6, 6.07) is 4.73. The van der Waals surface area contributed by atoms with Crippen molar-refractivity contribution in [1.29, 1.82) is 0 Å². The minimum Gasteiger partial charge on any atom is -0.505 e. The van der Waals surface area contributed by atoms with Gasteiger partial charge in [-0.3, -0.25) is 0 Å². The fraction of sp³-hybridized carbons (Fsp3) is 0.571. The first-order valence-electron chi connectivity index (χ1n) is 5.61. The molecular weight excluding hydrogens is 203 g/mol. The summed E-state index contributed by atoms with van der Waals surface area (Å²) < 4.78 is 13.3. The van der Waals surface area contributed by atoms with E-state index in [0.29, 0.717) is 5.56 Å². The van der Waals surface area contributed by atoms with Crippen LogP contribution in [0.1, 0.15) is 46.6 Å². The third kappa shape index (κ3) is 2.97. The molecule has 1 rings (SSSR count). The highest BCUT2D eigenvalue weighted by Crippen LogP contribution is 2.40. The Morgan fingerprint density at radius 3 is 2.19 bits per heavy atom. The Bertz CT molecular complexity index is 375. The van der Waals surface area contributed by atoms with Gasteiger partial charge in [-0.2, -0.15) is 0 Å². The molecule has 0 spiro atoms. The topological polar surface area (TPSA) is 20.2 Å². The molecule has 0 fully saturated rings. The summed E-state index contributed by atoms with van der Waals surface area (Å²) in [5, 5.41) is 9.76. The van der Waals surface area contributed by atoms with Crippen LogP contribution in [0.15, 0.2) is 18.2 Å². The first kappa shape index (κ1) is 13.0. The standard InChI is InChI=1S/C14H21FO/c1-13(2,3)9-14(4,5)10-7-6-8-11(15)12(10)16/h6-8,16H,9H2,1-5H3. The van der Waals surface area contributed by atoms with Crippen molar-refractivity contribution < 1.29 is 9.50 Å². The van der Waals surface area contributed by atoms with Gasteiger partial charge in [-0.1, -0.05) is 46.8 Å². The number of hydrogen-bond acceptors (Lipinski definition) is 1. The van der Waals surface area contributed by atoms with E-state index >= 15 is 0 Å². The molecule has 0 saturated heterocycles. The smallest absolute Gasteiger partial charge is 0.165 e. The predicted octanol–water partition coefficient (Wildman–Crippen LogP) is 4.25. The van der Waals surface area contributed by atoms with Crippen LogP contribution in [-0.4, -0.2) is 5.11 Å². The normalized spacial score (nSPS) is 12.9. The van der Waals surface area contributed by atoms with Crippen molar-refractivity contribution in [1.82, 2.24) is 0 Å².